The van der Waals surface area contributed by atoms with Crippen LogP contribution in [0.15, 0.2) is 57.2 Å². The first-order valence-electron chi connectivity index (χ1n) is 7.51. The molecular formula is C17H16F3NO4S2. The third kappa shape index (κ3) is 5.24. The lowest BCUT2D eigenvalue weighted by atomic mass is 10.2. The summed E-state index contributed by atoms with van der Waals surface area (Å²) in [4.78, 5) is 11.8. The van der Waals surface area contributed by atoms with Gasteiger partial charge in [-0.2, -0.15) is 13.2 Å². The van der Waals surface area contributed by atoms with Crippen molar-refractivity contribution in [1.82, 2.24) is 4.31 Å². The van der Waals surface area contributed by atoms with Crippen LogP contribution in [0.5, 0.6) is 5.75 Å². The van der Waals surface area contributed by atoms with Crippen molar-refractivity contribution in [2.45, 2.75) is 27.8 Å². The van der Waals surface area contributed by atoms with Crippen LogP contribution >= 0.6 is 11.8 Å². The van der Waals surface area contributed by atoms with Gasteiger partial charge in [0.2, 0.25) is 10.0 Å². The molecule has 2 aromatic carbocycles. The Morgan fingerprint density at radius 3 is 2.15 bits per heavy atom. The molecule has 0 aliphatic rings. The van der Waals surface area contributed by atoms with Gasteiger partial charge in [-0.05, 0) is 42.5 Å². The highest BCUT2D eigenvalue weighted by molar-refractivity contribution is 7.99. The van der Waals surface area contributed by atoms with Gasteiger partial charge in [-0.3, -0.25) is 4.79 Å². The number of halogens is 3. The molecule has 0 radical (unpaired) electrons. The summed E-state index contributed by atoms with van der Waals surface area (Å²) in [5.41, 5.74) is -0.882. The quantitative estimate of drug-likeness (QED) is 0.541. The maximum Gasteiger partial charge on any atom is 0.416 e. The Morgan fingerprint density at radius 1 is 1.07 bits per heavy atom. The molecule has 0 saturated heterocycles. The zero-order valence-electron chi connectivity index (χ0n) is 14.6. The Morgan fingerprint density at radius 2 is 1.67 bits per heavy atom. The highest BCUT2D eigenvalue weighted by Crippen LogP contribution is 2.40. The molecule has 0 aliphatic carbocycles. The van der Waals surface area contributed by atoms with Gasteiger partial charge in [0.15, 0.2) is 0 Å². The van der Waals surface area contributed by atoms with Crippen molar-refractivity contribution in [3.05, 3.63) is 48.0 Å². The summed E-state index contributed by atoms with van der Waals surface area (Å²) < 4.78 is 69.1. The van der Waals surface area contributed by atoms with Gasteiger partial charge in [0.1, 0.15) is 5.75 Å². The molecule has 0 bridgehead atoms. The molecule has 146 valence electrons. The standard InChI is InChI=1S/C17H16F3NO4S2/c1-11(22)25-15-9-4-12(17(18,19)20)10-16(15)26-13-5-7-14(8-6-13)27(23,24)21(2)3/h4-10H,1-3H3. The van der Waals surface area contributed by atoms with Gasteiger partial charge in [-0.15, -0.1) is 0 Å². The third-order valence-corrected chi connectivity index (χ3v) is 6.23. The Balaban J connectivity index is 2.39. The molecule has 0 heterocycles. The van der Waals surface area contributed by atoms with Crippen molar-refractivity contribution in [3.63, 3.8) is 0 Å². The molecule has 27 heavy (non-hydrogen) atoms. The average molecular weight is 419 g/mol. The first-order valence-corrected chi connectivity index (χ1v) is 9.77. The van der Waals surface area contributed by atoms with Crippen molar-refractivity contribution in [3.8, 4) is 5.75 Å². The fraction of sp³-hybridized carbons (Fsp3) is 0.235. The van der Waals surface area contributed by atoms with Crippen molar-refractivity contribution >= 4 is 27.8 Å². The Bertz CT molecular complexity index is 940. The molecule has 10 heteroatoms. The molecular weight excluding hydrogens is 403 g/mol. The van der Waals surface area contributed by atoms with E-state index in [-0.39, 0.29) is 15.5 Å². The van der Waals surface area contributed by atoms with E-state index < -0.39 is 27.7 Å². The van der Waals surface area contributed by atoms with Crippen molar-refractivity contribution in [1.29, 1.82) is 0 Å². The number of esters is 1. The molecule has 0 unspecified atom stereocenters. The fourth-order valence-corrected chi connectivity index (χ4v) is 3.84. The number of alkyl halides is 3. The summed E-state index contributed by atoms with van der Waals surface area (Å²) in [5.74, 6) is -0.672. The van der Waals surface area contributed by atoms with Crippen LogP contribution in [0.3, 0.4) is 0 Å². The lowest BCUT2D eigenvalue weighted by Gasteiger charge is -2.14. The number of carbonyl (C=O) groups excluding carboxylic acids is 1. The number of hydrogen-bond donors (Lipinski definition) is 0. The van der Waals surface area contributed by atoms with Crippen LogP contribution < -0.4 is 4.74 Å². The predicted molar refractivity (Wildman–Crippen MR) is 94.2 cm³/mol. The van der Waals surface area contributed by atoms with E-state index in [4.69, 9.17) is 4.74 Å². The van der Waals surface area contributed by atoms with Crippen molar-refractivity contribution in [2.75, 3.05) is 14.1 Å². The molecule has 0 amide bonds. The van der Waals surface area contributed by atoms with Gasteiger partial charge in [-0.25, -0.2) is 12.7 Å². The minimum atomic E-state index is -4.55. The maximum atomic E-state index is 13.0. The normalized spacial score (nSPS) is 12.3. The SMILES string of the molecule is CC(=O)Oc1ccc(C(F)(F)F)cc1Sc1ccc(S(=O)(=O)N(C)C)cc1. The fourth-order valence-electron chi connectivity index (χ4n) is 2.02. The molecule has 0 aliphatic heterocycles. The van der Waals surface area contributed by atoms with Gasteiger partial charge in [-0.1, -0.05) is 11.8 Å². The van der Waals surface area contributed by atoms with E-state index in [9.17, 15) is 26.4 Å². The number of ether oxygens (including phenoxy) is 1. The van der Waals surface area contributed by atoms with Gasteiger partial charge in [0.05, 0.1) is 15.4 Å². The summed E-state index contributed by atoms with van der Waals surface area (Å²) in [5, 5.41) is 0. The number of nitrogens with zero attached hydrogens (tertiary/aromatic N) is 1. The maximum absolute atomic E-state index is 13.0. The minimum Gasteiger partial charge on any atom is -0.426 e. The van der Waals surface area contributed by atoms with E-state index in [0.717, 1.165) is 41.2 Å². The molecule has 0 aromatic heterocycles. The van der Waals surface area contributed by atoms with Crippen molar-refractivity contribution < 1.29 is 31.1 Å². The molecule has 0 saturated carbocycles. The molecule has 0 spiro atoms. The zero-order valence-corrected chi connectivity index (χ0v) is 16.2. The summed E-state index contributed by atoms with van der Waals surface area (Å²) >= 11 is 0.929. The average Bonchev–Trinajstić information content (AvgIpc) is 2.55. The lowest BCUT2D eigenvalue weighted by molar-refractivity contribution is -0.137. The highest BCUT2D eigenvalue weighted by atomic mass is 32.2. The number of benzene rings is 2. The molecule has 2 rings (SSSR count). The van der Waals surface area contributed by atoms with Crippen LogP contribution in [0.25, 0.3) is 0 Å². The second kappa shape index (κ2) is 7.91. The Kier molecular flexibility index (Phi) is 6.23. The van der Waals surface area contributed by atoms with E-state index in [1.54, 1.807) is 0 Å². The van der Waals surface area contributed by atoms with Gasteiger partial charge < -0.3 is 4.74 Å². The third-order valence-electron chi connectivity index (χ3n) is 3.35. The van der Waals surface area contributed by atoms with Crippen LogP contribution in [0, 0.1) is 0 Å². The van der Waals surface area contributed by atoms with Crippen LogP contribution in [-0.4, -0.2) is 32.8 Å². The van der Waals surface area contributed by atoms with Crippen molar-refractivity contribution in [2.24, 2.45) is 0 Å². The highest BCUT2D eigenvalue weighted by Gasteiger charge is 2.31. The largest absolute Gasteiger partial charge is 0.426 e. The number of carbonyl (C=O) groups is 1. The summed E-state index contributed by atoms with van der Waals surface area (Å²) in [6.45, 7) is 1.15. The van der Waals surface area contributed by atoms with Crippen LogP contribution in [0.1, 0.15) is 12.5 Å². The smallest absolute Gasteiger partial charge is 0.416 e. The number of rotatable bonds is 5. The first kappa shape index (κ1) is 21.3. The monoisotopic (exact) mass is 419 g/mol. The molecule has 5 nitrogen and oxygen atoms in total. The number of hydrogen-bond acceptors (Lipinski definition) is 5. The Hall–Kier alpha value is -2.04. The Labute approximate surface area is 159 Å². The molecule has 0 atom stereocenters. The summed E-state index contributed by atoms with van der Waals surface area (Å²) in [6, 6.07) is 8.45. The summed E-state index contributed by atoms with van der Waals surface area (Å²) in [6.07, 6.45) is -4.55. The van der Waals surface area contributed by atoms with Crippen LogP contribution in [0.2, 0.25) is 0 Å². The zero-order chi connectivity index (χ0) is 20.4. The predicted octanol–water partition coefficient (Wildman–Crippen LogP) is 4.03. The summed E-state index contributed by atoms with van der Waals surface area (Å²) in [7, 11) is -0.821. The molecule has 0 fully saturated rings. The van der Waals surface area contributed by atoms with Gasteiger partial charge >= 0.3 is 12.1 Å². The van der Waals surface area contributed by atoms with E-state index >= 15 is 0 Å². The van der Waals surface area contributed by atoms with Crippen LogP contribution in [-0.2, 0) is 21.0 Å². The minimum absolute atomic E-state index is 0.00881. The van der Waals surface area contributed by atoms with E-state index in [2.05, 4.69) is 0 Å². The van der Waals surface area contributed by atoms with Gasteiger partial charge in [0.25, 0.3) is 0 Å². The second-order valence-electron chi connectivity index (χ2n) is 5.61. The molecule has 2 aromatic rings. The lowest BCUT2D eigenvalue weighted by Crippen LogP contribution is -2.22. The molecule has 0 N–H and O–H groups in total. The van der Waals surface area contributed by atoms with E-state index in [1.165, 1.54) is 38.4 Å². The van der Waals surface area contributed by atoms with Crippen LogP contribution in [0.4, 0.5) is 13.2 Å². The van der Waals surface area contributed by atoms with E-state index in [1.807, 2.05) is 0 Å². The number of sulfonamides is 1. The van der Waals surface area contributed by atoms with Gasteiger partial charge in [0, 0.05) is 25.9 Å². The van der Waals surface area contributed by atoms with E-state index in [0.29, 0.717) is 4.90 Å². The topological polar surface area (TPSA) is 63.7 Å². The first-order chi connectivity index (χ1) is 12.4. The second-order valence-corrected chi connectivity index (χ2v) is 8.88.